The SMILES string of the molecule is CCCCNC(=O)C1CSC2c3ccc(OC)c(OC)c3C(=O)N12. The van der Waals surface area contributed by atoms with Crippen molar-refractivity contribution in [2.75, 3.05) is 26.5 Å². The second-order valence-electron chi connectivity index (χ2n) is 5.82. The minimum atomic E-state index is -0.438. The molecule has 1 aromatic rings. The molecule has 0 radical (unpaired) electrons. The van der Waals surface area contributed by atoms with E-state index in [1.165, 1.54) is 7.11 Å². The number of carbonyl (C=O) groups excluding carboxylic acids is 2. The van der Waals surface area contributed by atoms with Gasteiger partial charge in [0.05, 0.1) is 19.8 Å². The van der Waals surface area contributed by atoms with Crippen molar-refractivity contribution in [2.45, 2.75) is 31.2 Å². The van der Waals surface area contributed by atoms with Gasteiger partial charge in [-0.25, -0.2) is 0 Å². The number of hydrogen-bond donors (Lipinski definition) is 1. The smallest absolute Gasteiger partial charge is 0.260 e. The van der Waals surface area contributed by atoms with Crippen molar-refractivity contribution in [2.24, 2.45) is 0 Å². The highest BCUT2D eigenvalue weighted by atomic mass is 32.2. The van der Waals surface area contributed by atoms with Gasteiger partial charge in [0.25, 0.3) is 5.91 Å². The molecule has 1 fully saturated rings. The fourth-order valence-electron chi connectivity index (χ4n) is 3.20. The molecule has 2 aliphatic heterocycles. The molecule has 0 saturated carbocycles. The van der Waals surface area contributed by atoms with E-state index >= 15 is 0 Å². The summed E-state index contributed by atoms with van der Waals surface area (Å²) in [6.07, 6.45) is 1.96. The van der Waals surface area contributed by atoms with Crippen LogP contribution in [0.4, 0.5) is 0 Å². The Kier molecular flexibility index (Phi) is 4.89. The zero-order chi connectivity index (χ0) is 17.3. The van der Waals surface area contributed by atoms with Crippen LogP contribution in [0.5, 0.6) is 11.5 Å². The molecule has 1 aromatic carbocycles. The summed E-state index contributed by atoms with van der Waals surface area (Å²) in [5.41, 5.74) is 1.41. The van der Waals surface area contributed by atoms with Gasteiger partial charge in [0, 0.05) is 17.9 Å². The molecule has 24 heavy (non-hydrogen) atoms. The Hall–Kier alpha value is -1.89. The number of amides is 2. The normalized spacial score (nSPS) is 21.5. The minimum Gasteiger partial charge on any atom is -0.493 e. The van der Waals surface area contributed by atoms with E-state index in [2.05, 4.69) is 12.2 Å². The van der Waals surface area contributed by atoms with Crippen LogP contribution < -0.4 is 14.8 Å². The summed E-state index contributed by atoms with van der Waals surface area (Å²) in [4.78, 5) is 27.1. The Labute approximate surface area is 145 Å². The average Bonchev–Trinajstić information content (AvgIpc) is 3.14. The van der Waals surface area contributed by atoms with E-state index in [9.17, 15) is 9.59 Å². The standard InChI is InChI=1S/C17H22N2O4S/c1-4-5-8-18-15(20)11-9-24-17-10-6-7-12(22-2)14(23-3)13(10)16(21)19(11)17/h6-7,11,17H,4-5,8-9H2,1-3H3,(H,18,20). The fourth-order valence-corrected chi connectivity index (χ4v) is 4.66. The lowest BCUT2D eigenvalue weighted by atomic mass is 10.1. The number of nitrogens with one attached hydrogen (secondary N) is 1. The van der Waals surface area contributed by atoms with Crippen LogP contribution in [0.3, 0.4) is 0 Å². The highest BCUT2D eigenvalue weighted by Gasteiger charge is 2.50. The highest BCUT2D eigenvalue weighted by molar-refractivity contribution is 7.99. The molecule has 0 aromatic heterocycles. The molecule has 1 N–H and O–H groups in total. The first kappa shape index (κ1) is 17.0. The molecule has 0 aliphatic carbocycles. The van der Waals surface area contributed by atoms with Gasteiger partial charge in [-0.1, -0.05) is 19.4 Å². The molecule has 0 bridgehead atoms. The maximum atomic E-state index is 13.0. The van der Waals surface area contributed by atoms with Gasteiger partial charge in [-0.15, -0.1) is 11.8 Å². The number of thioether (sulfide) groups is 1. The Morgan fingerprint density at radius 1 is 1.38 bits per heavy atom. The number of nitrogens with zero attached hydrogens (tertiary/aromatic N) is 1. The zero-order valence-corrected chi connectivity index (χ0v) is 14.9. The highest BCUT2D eigenvalue weighted by Crippen LogP contribution is 2.52. The first-order valence-electron chi connectivity index (χ1n) is 8.10. The lowest BCUT2D eigenvalue weighted by molar-refractivity contribution is -0.124. The van der Waals surface area contributed by atoms with Crippen LogP contribution in [-0.4, -0.2) is 49.3 Å². The van der Waals surface area contributed by atoms with Crippen LogP contribution in [0.2, 0.25) is 0 Å². The Balaban J connectivity index is 1.88. The molecule has 2 atom stereocenters. The molecule has 7 heteroatoms. The molecular formula is C17H22N2O4S. The second kappa shape index (κ2) is 6.93. The van der Waals surface area contributed by atoms with Gasteiger partial charge in [0.1, 0.15) is 11.4 Å². The van der Waals surface area contributed by atoms with Crippen molar-refractivity contribution >= 4 is 23.6 Å². The van der Waals surface area contributed by atoms with Gasteiger partial charge in [0.2, 0.25) is 5.91 Å². The summed E-state index contributed by atoms with van der Waals surface area (Å²) in [5, 5.41) is 2.80. The van der Waals surface area contributed by atoms with Gasteiger partial charge in [0.15, 0.2) is 11.5 Å². The molecule has 1 saturated heterocycles. The van der Waals surface area contributed by atoms with Crippen LogP contribution in [0, 0.1) is 0 Å². The molecule has 2 unspecified atom stereocenters. The van der Waals surface area contributed by atoms with Crippen molar-refractivity contribution in [3.05, 3.63) is 23.3 Å². The maximum absolute atomic E-state index is 13.0. The number of rotatable bonds is 6. The van der Waals surface area contributed by atoms with Crippen molar-refractivity contribution in [3.8, 4) is 11.5 Å². The molecule has 0 spiro atoms. The molecule has 130 valence electrons. The first-order valence-corrected chi connectivity index (χ1v) is 9.15. The first-order chi connectivity index (χ1) is 11.6. The van der Waals surface area contributed by atoms with Gasteiger partial charge >= 0.3 is 0 Å². The summed E-state index contributed by atoms with van der Waals surface area (Å²) < 4.78 is 10.7. The number of carbonyl (C=O) groups is 2. The van der Waals surface area contributed by atoms with Crippen LogP contribution in [-0.2, 0) is 4.79 Å². The lowest BCUT2D eigenvalue weighted by Crippen LogP contribution is -2.46. The Bertz CT molecular complexity index is 664. The second-order valence-corrected chi connectivity index (χ2v) is 6.94. The molecular weight excluding hydrogens is 328 g/mol. The van der Waals surface area contributed by atoms with E-state index in [0.29, 0.717) is 29.4 Å². The number of ether oxygens (including phenoxy) is 2. The van der Waals surface area contributed by atoms with Crippen molar-refractivity contribution in [3.63, 3.8) is 0 Å². The molecule has 2 aliphatic rings. The van der Waals surface area contributed by atoms with Crippen molar-refractivity contribution in [1.82, 2.24) is 10.2 Å². The predicted octanol–water partition coefficient (Wildman–Crippen LogP) is 2.19. The summed E-state index contributed by atoms with van der Waals surface area (Å²) >= 11 is 1.62. The third-order valence-corrected chi connectivity index (χ3v) is 5.73. The zero-order valence-electron chi connectivity index (χ0n) is 14.1. The third kappa shape index (κ3) is 2.60. The van der Waals surface area contributed by atoms with Crippen LogP contribution in [0.1, 0.15) is 41.1 Å². The van der Waals surface area contributed by atoms with E-state index in [-0.39, 0.29) is 17.2 Å². The van der Waals surface area contributed by atoms with E-state index in [1.54, 1.807) is 23.8 Å². The number of fused-ring (bicyclic) bond motifs is 3. The van der Waals surface area contributed by atoms with E-state index in [1.807, 2.05) is 12.1 Å². The molecule has 3 rings (SSSR count). The van der Waals surface area contributed by atoms with Crippen LogP contribution in [0.25, 0.3) is 0 Å². The number of hydrogen-bond acceptors (Lipinski definition) is 5. The van der Waals surface area contributed by atoms with E-state index < -0.39 is 6.04 Å². The van der Waals surface area contributed by atoms with Crippen molar-refractivity contribution < 1.29 is 19.1 Å². The monoisotopic (exact) mass is 350 g/mol. The fraction of sp³-hybridized carbons (Fsp3) is 0.529. The Morgan fingerprint density at radius 3 is 2.83 bits per heavy atom. The van der Waals surface area contributed by atoms with Crippen LogP contribution >= 0.6 is 11.8 Å². The molecule has 2 amide bonds. The van der Waals surface area contributed by atoms with E-state index in [0.717, 1.165) is 18.4 Å². The van der Waals surface area contributed by atoms with Gasteiger partial charge in [-0.2, -0.15) is 0 Å². The summed E-state index contributed by atoms with van der Waals surface area (Å²) in [6.45, 7) is 2.72. The van der Waals surface area contributed by atoms with Crippen LogP contribution in [0.15, 0.2) is 12.1 Å². The summed E-state index contributed by atoms with van der Waals surface area (Å²) in [6, 6.07) is 3.26. The maximum Gasteiger partial charge on any atom is 0.260 e. The number of benzene rings is 1. The topological polar surface area (TPSA) is 67.9 Å². The van der Waals surface area contributed by atoms with E-state index in [4.69, 9.17) is 9.47 Å². The molecule has 6 nitrogen and oxygen atoms in total. The lowest BCUT2D eigenvalue weighted by Gasteiger charge is -2.22. The number of methoxy groups -OCH3 is 2. The minimum absolute atomic E-state index is 0.0782. The summed E-state index contributed by atoms with van der Waals surface area (Å²) in [7, 11) is 3.07. The Morgan fingerprint density at radius 2 is 2.17 bits per heavy atom. The van der Waals surface area contributed by atoms with Gasteiger partial charge in [-0.3, -0.25) is 9.59 Å². The predicted molar refractivity (Wildman–Crippen MR) is 92.6 cm³/mol. The molecule has 2 heterocycles. The summed E-state index contributed by atoms with van der Waals surface area (Å²) in [5.74, 6) is 1.35. The van der Waals surface area contributed by atoms with Gasteiger partial charge < -0.3 is 19.7 Å². The number of unbranched alkanes of at least 4 members (excludes halogenated alkanes) is 1. The van der Waals surface area contributed by atoms with Crippen molar-refractivity contribution in [1.29, 1.82) is 0 Å². The largest absolute Gasteiger partial charge is 0.493 e. The third-order valence-electron chi connectivity index (χ3n) is 4.42. The average molecular weight is 350 g/mol. The quantitative estimate of drug-likeness (QED) is 0.797. The van der Waals surface area contributed by atoms with Gasteiger partial charge in [-0.05, 0) is 12.5 Å².